The Morgan fingerprint density at radius 3 is 2.47 bits per heavy atom. The Bertz CT molecular complexity index is 384. The minimum atomic E-state index is -1.14. The minimum absolute atomic E-state index is 0.286. The zero-order valence-corrected chi connectivity index (χ0v) is 10.2. The smallest absolute Gasteiger partial charge is 0.320 e. The van der Waals surface area contributed by atoms with Gasteiger partial charge in [0.1, 0.15) is 11.8 Å². The highest BCUT2D eigenvalue weighted by Gasteiger charge is 2.30. The molecule has 17 heavy (non-hydrogen) atoms. The van der Waals surface area contributed by atoms with Crippen molar-refractivity contribution in [1.29, 1.82) is 0 Å². The Hall–Kier alpha value is -1.45. The number of nitrogens with two attached hydrogens (primary N) is 1. The van der Waals surface area contributed by atoms with Gasteiger partial charge in [-0.15, -0.1) is 0 Å². The van der Waals surface area contributed by atoms with Crippen LogP contribution in [0.25, 0.3) is 0 Å². The monoisotopic (exact) mass is 255 g/mol. The van der Waals surface area contributed by atoms with Crippen LogP contribution in [0.2, 0.25) is 0 Å². The molecule has 0 aliphatic rings. The molecule has 0 fully saturated rings. The first-order valence-electron chi connectivity index (χ1n) is 5.09. The van der Waals surface area contributed by atoms with Gasteiger partial charge in [0.2, 0.25) is 8.46 Å². The molecule has 0 radical (unpaired) electrons. The molecular formula is C11H14NO4P. The SMILES string of the molecule is CC(C(Oc1ccccc1)P=O)[C@H](N)C(=O)O. The van der Waals surface area contributed by atoms with Crippen molar-refractivity contribution in [3.8, 4) is 5.75 Å². The Kier molecular flexibility index (Phi) is 5.07. The molecule has 3 atom stereocenters. The summed E-state index contributed by atoms with van der Waals surface area (Å²) in [6.45, 7) is 1.59. The molecule has 0 saturated heterocycles. The summed E-state index contributed by atoms with van der Waals surface area (Å²) in [5.74, 6) is -1.94. The van der Waals surface area contributed by atoms with Crippen molar-refractivity contribution >= 4 is 14.4 Å². The van der Waals surface area contributed by atoms with Crippen LogP contribution in [-0.2, 0) is 9.36 Å². The highest BCUT2D eigenvalue weighted by Crippen LogP contribution is 2.24. The molecule has 0 aromatic heterocycles. The summed E-state index contributed by atoms with van der Waals surface area (Å²) in [7, 11) is -0.286. The molecule has 0 amide bonds. The summed E-state index contributed by atoms with van der Waals surface area (Å²) in [5.41, 5.74) is 5.47. The summed E-state index contributed by atoms with van der Waals surface area (Å²) in [6.07, 6.45) is 0. The van der Waals surface area contributed by atoms with Crippen molar-refractivity contribution in [2.45, 2.75) is 18.8 Å². The van der Waals surface area contributed by atoms with E-state index >= 15 is 0 Å². The van der Waals surface area contributed by atoms with E-state index < -0.39 is 23.8 Å². The number of hydrogen-bond acceptors (Lipinski definition) is 4. The maximum Gasteiger partial charge on any atom is 0.320 e. The fourth-order valence-electron chi connectivity index (χ4n) is 1.27. The largest absolute Gasteiger partial charge is 0.480 e. The van der Waals surface area contributed by atoms with E-state index in [4.69, 9.17) is 15.6 Å². The predicted octanol–water partition coefficient (Wildman–Crippen LogP) is 1.73. The van der Waals surface area contributed by atoms with Crippen LogP contribution >= 0.6 is 8.46 Å². The van der Waals surface area contributed by atoms with Gasteiger partial charge in [-0.1, -0.05) is 25.1 Å². The third kappa shape index (κ3) is 3.80. The summed E-state index contributed by atoms with van der Waals surface area (Å²) in [4.78, 5) is 10.7. The number of aliphatic carboxylic acids is 1. The topological polar surface area (TPSA) is 89.6 Å². The fourth-order valence-corrected chi connectivity index (χ4v) is 1.81. The van der Waals surface area contributed by atoms with Crippen LogP contribution in [0.5, 0.6) is 5.75 Å². The maximum absolute atomic E-state index is 11.0. The van der Waals surface area contributed by atoms with Crippen molar-refractivity contribution in [1.82, 2.24) is 0 Å². The lowest BCUT2D eigenvalue weighted by Crippen LogP contribution is -2.42. The molecule has 2 unspecified atom stereocenters. The summed E-state index contributed by atoms with van der Waals surface area (Å²) in [5, 5.41) is 8.78. The van der Waals surface area contributed by atoms with Crippen LogP contribution < -0.4 is 10.5 Å². The van der Waals surface area contributed by atoms with E-state index in [0.717, 1.165) is 0 Å². The van der Waals surface area contributed by atoms with Crippen LogP contribution in [0, 0.1) is 5.92 Å². The van der Waals surface area contributed by atoms with Gasteiger partial charge in [-0.05, 0) is 12.1 Å². The Morgan fingerprint density at radius 2 is 2.00 bits per heavy atom. The molecule has 0 aliphatic carbocycles. The van der Waals surface area contributed by atoms with Crippen LogP contribution in [0.1, 0.15) is 6.92 Å². The third-order valence-corrected chi connectivity index (χ3v) is 3.19. The van der Waals surface area contributed by atoms with Gasteiger partial charge in [-0.2, -0.15) is 0 Å². The molecule has 1 rings (SSSR count). The van der Waals surface area contributed by atoms with Gasteiger partial charge in [0.05, 0.1) is 0 Å². The molecule has 5 nitrogen and oxygen atoms in total. The van der Waals surface area contributed by atoms with Crippen molar-refractivity contribution < 1.29 is 19.2 Å². The maximum atomic E-state index is 11.0. The highest BCUT2D eigenvalue weighted by molar-refractivity contribution is 7.24. The predicted molar refractivity (Wildman–Crippen MR) is 63.2 cm³/mol. The third-order valence-electron chi connectivity index (χ3n) is 2.41. The lowest BCUT2D eigenvalue weighted by molar-refractivity contribution is -0.140. The van der Waals surface area contributed by atoms with Crippen LogP contribution in [0.3, 0.4) is 0 Å². The van der Waals surface area contributed by atoms with Gasteiger partial charge >= 0.3 is 5.97 Å². The Morgan fingerprint density at radius 1 is 1.41 bits per heavy atom. The lowest BCUT2D eigenvalue weighted by atomic mass is 10.0. The first kappa shape index (κ1) is 13.6. The van der Waals surface area contributed by atoms with Gasteiger partial charge < -0.3 is 15.6 Å². The average Bonchev–Trinajstić information content (AvgIpc) is 2.35. The van der Waals surface area contributed by atoms with Crippen molar-refractivity contribution in [3.05, 3.63) is 30.3 Å². The standard InChI is InChI=1S/C11H14NO4P/c1-7(9(12)10(13)14)11(17-15)16-8-5-3-2-4-6-8/h2-7,9,11H,12H2,1H3,(H,13,14)/t7?,9-,11?/m0/s1. The van der Waals surface area contributed by atoms with E-state index in [1.165, 1.54) is 0 Å². The van der Waals surface area contributed by atoms with Gasteiger partial charge in [0.25, 0.3) is 0 Å². The molecular weight excluding hydrogens is 241 g/mol. The number of carbonyl (C=O) groups is 1. The highest BCUT2D eigenvalue weighted by atomic mass is 31.1. The first-order chi connectivity index (χ1) is 8.06. The second kappa shape index (κ2) is 6.33. The number of benzene rings is 1. The van der Waals surface area contributed by atoms with Gasteiger partial charge in [-0.3, -0.25) is 9.36 Å². The molecule has 0 saturated carbocycles. The molecule has 1 aromatic rings. The van der Waals surface area contributed by atoms with Crippen LogP contribution in [-0.4, -0.2) is 23.0 Å². The van der Waals surface area contributed by atoms with Gasteiger partial charge in [0, 0.05) is 5.92 Å². The van der Waals surface area contributed by atoms with E-state index in [2.05, 4.69) is 0 Å². The zero-order chi connectivity index (χ0) is 12.8. The molecule has 1 aromatic carbocycles. The fraction of sp³-hybridized carbons (Fsp3) is 0.364. The van der Waals surface area contributed by atoms with Gasteiger partial charge in [0.15, 0.2) is 5.85 Å². The summed E-state index contributed by atoms with van der Waals surface area (Å²) >= 11 is 0. The molecule has 6 heteroatoms. The minimum Gasteiger partial charge on any atom is -0.480 e. The van der Waals surface area contributed by atoms with Gasteiger partial charge in [-0.25, -0.2) is 0 Å². The van der Waals surface area contributed by atoms with E-state index in [9.17, 15) is 9.36 Å². The molecule has 92 valence electrons. The molecule has 0 aliphatic heterocycles. The van der Waals surface area contributed by atoms with E-state index in [1.807, 2.05) is 6.07 Å². The lowest BCUT2D eigenvalue weighted by Gasteiger charge is -2.22. The molecule has 0 bridgehead atoms. The Labute approximate surface area is 101 Å². The quantitative estimate of drug-likeness (QED) is 0.755. The van der Waals surface area contributed by atoms with Crippen molar-refractivity contribution in [2.75, 3.05) is 0 Å². The second-order valence-corrected chi connectivity index (χ2v) is 4.37. The first-order valence-corrected chi connectivity index (χ1v) is 5.97. The van der Waals surface area contributed by atoms with E-state index in [0.29, 0.717) is 5.75 Å². The number of ether oxygens (including phenoxy) is 1. The number of carboxylic acid groups (broad SMARTS) is 1. The van der Waals surface area contributed by atoms with Crippen LogP contribution in [0.15, 0.2) is 30.3 Å². The number of hydrogen-bond donors (Lipinski definition) is 2. The molecule has 0 heterocycles. The number of carboxylic acids is 1. The number of para-hydroxylation sites is 1. The number of rotatable bonds is 6. The average molecular weight is 255 g/mol. The zero-order valence-electron chi connectivity index (χ0n) is 9.32. The summed E-state index contributed by atoms with van der Waals surface area (Å²) in [6, 6.07) is 7.67. The van der Waals surface area contributed by atoms with Crippen molar-refractivity contribution in [2.24, 2.45) is 11.7 Å². The van der Waals surface area contributed by atoms with Crippen molar-refractivity contribution in [3.63, 3.8) is 0 Å². The second-order valence-electron chi connectivity index (χ2n) is 3.65. The Balaban J connectivity index is 2.72. The molecule has 0 spiro atoms. The van der Waals surface area contributed by atoms with Crippen LogP contribution in [0.4, 0.5) is 0 Å². The van der Waals surface area contributed by atoms with E-state index in [1.54, 1.807) is 31.2 Å². The normalized spacial score (nSPS) is 16.1. The summed E-state index contributed by atoms with van der Waals surface area (Å²) < 4.78 is 16.4. The van der Waals surface area contributed by atoms with E-state index in [-0.39, 0.29) is 8.46 Å². The molecule has 3 N–H and O–H groups in total.